The molecule has 3 aromatic carbocycles. The lowest BCUT2D eigenvalue weighted by Crippen LogP contribution is -2.41. The second kappa shape index (κ2) is 11.3. The largest absolute Gasteiger partial charge is 0.355 e. The van der Waals surface area contributed by atoms with Gasteiger partial charge in [-0.3, -0.25) is 19.0 Å². The molecule has 2 aromatic heterocycles. The standard InChI is InChI=1S/C33H27BrN6O3/c1-20(21-6-4-3-5-7-21)27-18-37-40-29-19-38(32(42)23-10-13-28(34)24(16-23)17-35)15-14-26(29)33(43)39(31(27)40)25-11-8-22(9-12-25)30(41)36-2/h3-13,16,18,20H,14-15,19H2,1-2H3,(H,36,41)/t20-/m1/s1. The molecule has 0 saturated carbocycles. The van der Waals surface area contributed by atoms with Crippen LogP contribution in [0.4, 0.5) is 0 Å². The monoisotopic (exact) mass is 634 g/mol. The van der Waals surface area contributed by atoms with Gasteiger partial charge in [0, 0.05) is 46.2 Å². The molecule has 0 radical (unpaired) electrons. The molecule has 0 unspecified atom stereocenters. The van der Waals surface area contributed by atoms with Gasteiger partial charge >= 0.3 is 0 Å². The summed E-state index contributed by atoms with van der Waals surface area (Å²) in [6.45, 7) is 2.61. The van der Waals surface area contributed by atoms with Gasteiger partial charge in [-0.2, -0.15) is 10.4 Å². The first kappa shape index (κ1) is 28.1. The summed E-state index contributed by atoms with van der Waals surface area (Å²) < 4.78 is 4.07. The van der Waals surface area contributed by atoms with E-state index in [1.807, 2.05) is 30.3 Å². The molecule has 0 saturated heterocycles. The van der Waals surface area contributed by atoms with E-state index in [2.05, 4.69) is 34.2 Å². The summed E-state index contributed by atoms with van der Waals surface area (Å²) in [6.07, 6.45) is 2.13. The maximum absolute atomic E-state index is 14.3. The Morgan fingerprint density at radius 3 is 2.47 bits per heavy atom. The van der Waals surface area contributed by atoms with Gasteiger partial charge in [0.1, 0.15) is 11.7 Å². The first-order valence-electron chi connectivity index (χ1n) is 13.8. The van der Waals surface area contributed by atoms with Crippen molar-refractivity contribution >= 4 is 33.4 Å². The van der Waals surface area contributed by atoms with Gasteiger partial charge in [-0.1, -0.05) is 37.3 Å². The second-order valence-corrected chi connectivity index (χ2v) is 11.3. The fourth-order valence-corrected chi connectivity index (χ4v) is 5.99. The molecule has 10 heteroatoms. The van der Waals surface area contributed by atoms with Crippen molar-refractivity contribution in [3.8, 4) is 11.8 Å². The molecule has 6 rings (SSSR count). The molecule has 0 aliphatic carbocycles. The van der Waals surface area contributed by atoms with Gasteiger partial charge in [-0.25, -0.2) is 4.52 Å². The predicted octanol–water partition coefficient (Wildman–Crippen LogP) is 4.83. The third-order valence-electron chi connectivity index (χ3n) is 8.02. The van der Waals surface area contributed by atoms with Crippen LogP contribution in [0.15, 0.2) is 88.3 Å². The van der Waals surface area contributed by atoms with E-state index in [9.17, 15) is 19.6 Å². The number of hydrogen-bond donors (Lipinski definition) is 1. The van der Waals surface area contributed by atoms with Gasteiger partial charge in [0.15, 0.2) is 0 Å². The summed E-state index contributed by atoms with van der Waals surface area (Å²) in [4.78, 5) is 41.7. The number of carbonyl (C=O) groups excluding carboxylic acids is 2. The number of nitriles is 1. The number of amides is 2. The van der Waals surface area contributed by atoms with Crippen LogP contribution in [-0.2, 0) is 13.0 Å². The average molecular weight is 636 g/mol. The highest BCUT2D eigenvalue weighted by molar-refractivity contribution is 9.10. The van der Waals surface area contributed by atoms with Crippen molar-refractivity contribution in [2.24, 2.45) is 0 Å². The summed E-state index contributed by atoms with van der Waals surface area (Å²) in [5.74, 6) is -0.516. The van der Waals surface area contributed by atoms with E-state index in [-0.39, 0.29) is 29.8 Å². The third-order valence-corrected chi connectivity index (χ3v) is 8.71. The first-order valence-corrected chi connectivity index (χ1v) is 14.6. The Morgan fingerprint density at radius 1 is 1.05 bits per heavy atom. The normalized spacial score (nSPS) is 13.3. The van der Waals surface area contributed by atoms with Crippen LogP contribution in [0.25, 0.3) is 11.3 Å². The number of hydrogen-bond acceptors (Lipinski definition) is 5. The minimum atomic E-state index is -0.221. The van der Waals surface area contributed by atoms with E-state index < -0.39 is 0 Å². The van der Waals surface area contributed by atoms with Crippen molar-refractivity contribution in [1.82, 2.24) is 24.4 Å². The zero-order valence-corrected chi connectivity index (χ0v) is 25.1. The first-order chi connectivity index (χ1) is 20.8. The van der Waals surface area contributed by atoms with Gasteiger partial charge < -0.3 is 10.2 Å². The summed E-state index contributed by atoms with van der Waals surface area (Å²) >= 11 is 3.35. The Morgan fingerprint density at radius 2 is 1.77 bits per heavy atom. The minimum Gasteiger partial charge on any atom is -0.355 e. The van der Waals surface area contributed by atoms with Gasteiger partial charge in [-0.05, 0) is 70.4 Å². The number of fused-ring (bicyclic) bond motifs is 3. The van der Waals surface area contributed by atoms with E-state index in [0.29, 0.717) is 56.7 Å². The molecule has 1 N–H and O–H groups in total. The van der Waals surface area contributed by atoms with E-state index in [4.69, 9.17) is 5.10 Å². The molecule has 1 atom stereocenters. The topological polar surface area (TPSA) is 112 Å². The maximum atomic E-state index is 14.3. The van der Waals surface area contributed by atoms with Crippen LogP contribution in [-0.4, -0.2) is 44.5 Å². The Bertz CT molecular complexity index is 1990. The van der Waals surface area contributed by atoms with Gasteiger partial charge in [0.2, 0.25) is 0 Å². The molecule has 214 valence electrons. The van der Waals surface area contributed by atoms with Crippen LogP contribution in [0.2, 0.25) is 0 Å². The van der Waals surface area contributed by atoms with Crippen LogP contribution in [0.3, 0.4) is 0 Å². The van der Waals surface area contributed by atoms with Crippen LogP contribution in [0.5, 0.6) is 0 Å². The molecule has 1 aliphatic rings. The Hall–Kier alpha value is -5.01. The lowest BCUT2D eigenvalue weighted by Gasteiger charge is -2.30. The van der Waals surface area contributed by atoms with E-state index >= 15 is 0 Å². The summed E-state index contributed by atoms with van der Waals surface area (Å²) in [5, 5.41) is 16.8. The van der Waals surface area contributed by atoms with Crippen LogP contribution in [0.1, 0.15) is 61.5 Å². The maximum Gasteiger partial charge on any atom is 0.261 e. The summed E-state index contributed by atoms with van der Waals surface area (Å²) in [6, 6.07) is 24.0. The fraction of sp³-hybridized carbons (Fsp3) is 0.182. The number of nitrogens with zero attached hydrogens (tertiary/aromatic N) is 5. The third kappa shape index (κ3) is 4.91. The quantitative estimate of drug-likeness (QED) is 0.298. The van der Waals surface area contributed by atoms with Crippen molar-refractivity contribution < 1.29 is 9.59 Å². The fourth-order valence-electron chi connectivity index (χ4n) is 5.65. The van der Waals surface area contributed by atoms with Gasteiger partial charge in [0.05, 0.1) is 29.7 Å². The van der Waals surface area contributed by atoms with Crippen LogP contribution < -0.4 is 10.9 Å². The van der Waals surface area contributed by atoms with Gasteiger partial charge in [0.25, 0.3) is 17.4 Å². The second-order valence-electron chi connectivity index (χ2n) is 10.4. The average Bonchev–Trinajstić information content (AvgIpc) is 3.49. The Labute approximate surface area is 256 Å². The zero-order chi connectivity index (χ0) is 30.2. The molecule has 1 aliphatic heterocycles. The predicted molar refractivity (Wildman–Crippen MR) is 165 cm³/mol. The zero-order valence-electron chi connectivity index (χ0n) is 23.5. The highest BCUT2D eigenvalue weighted by Crippen LogP contribution is 2.31. The number of benzene rings is 3. The molecular weight excluding hydrogens is 608 g/mol. The van der Waals surface area contributed by atoms with E-state index in [1.54, 1.807) is 69.7 Å². The smallest absolute Gasteiger partial charge is 0.261 e. The molecule has 3 heterocycles. The summed E-state index contributed by atoms with van der Waals surface area (Å²) in [5.41, 5.74) is 5.49. The number of aromatic nitrogens is 3. The van der Waals surface area contributed by atoms with E-state index in [0.717, 1.165) is 11.1 Å². The van der Waals surface area contributed by atoms with Crippen molar-refractivity contribution in [2.45, 2.75) is 25.8 Å². The molecule has 43 heavy (non-hydrogen) atoms. The number of nitrogens with one attached hydrogen (secondary N) is 1. The lowest BCUT2D eigenvalue weighted by molar-refractivity contribution is 0.0729. The highest BCUT2D eigenvalue weighted by Gasteiger charge is 2.30. The van der Waals surface area contributed by atoms with Crippen LogP contribution in [0, 0.1) is 11.3 Å². The summed E-state index contributed by atoms with van der Waals surface area (Å²) in [7, 11) is 1.57. The van der Waals surface area contributed by atoms with Crippen molar-refractivity contribution in [3.63, 3.8) is 0 Å². The molecule has 9 nitrogen and oxygen atoms in total. The van der Waals surface area contributed by atoms with Crippen molar-refractivity contribution in [3.05, 3.63) is 133 Å². The van der Waals surface area contributed by atoms with Crippen molar-refractivity contribution in [1.29, 1.82) is 5.26 Å². The Balaban J connectivity index is 1.51. The van der Waals surface area contributed by atoms with Crippen molar-refractivity contribution in [2.75, 3.05) is 13.6 Å². The molecule has 0 fully saturated rings. The number of carbonyl (C=O) groups is 2. The molecule has 5 aromatic rings. The number of halogens is 1. The molecule has 0 bridgehead atoms. The van der Waals surface area contributed by atoms with Crippen LogP contribution >= 0.6 is 15.9 Å². The molecule has 2 amide bonds. The Kier molecular flexibility index (Phi) is 7.42. The molecular formula is C33H27BrN6O3. The minimum absolute atomic E-state index is 0.0824. The molecule has 0 spiro atoms. The number of rotatable bonds is 5. The highest BCUT2D eigenvalue weighted by atomic mass is 79.9. The SMILES string of the molecule is CNC(=O)c1ccc(-n2c(=O)c3c(n4ncc([C@H](C)c5ccccc5)c24)CN(C(=O)c2ccc(Br)c(C#N)c2)CC3)cc1. The lowest BCUT2D eigenvalue weighted by atomic mass is 9.95. The van der Waals surface area contributed by atoms with E-state index in [1.165, 1.54) is 0 Å². The van der Waals surface area contributed by atoms with Gasteiger partial charge in [-0.15, -0.1) is 0 Å².